The van der Waals surface area contributed by atoms with E-state index < -0.39 is 5.97 Å². The Morgan fingerprint density at radius 1 is 0.889 bits per heavy atom. The van der Waals surface area contributed by atoms with E-state index in [-0.39, 0.29) is 11.3 Å². The van der Waals surface area contributed by atoms with E-state index in [1.807, 2.05) is 0 Å². The zero-order valence-corrected chi connectivity index (χ0v) is 16.6. The molecule has 0 radical (unpaired) electrons. The SMILES string of the molecule is CC/C=C/C/C=C/C/C=C/CCCCCCCc1cccc(O)c1C(=O)O. The van der Waals surface area contributed by atoms with Gasteiger partial charge in [-0.05, 0) is 56.6 Å². The first-order valence-electron chi connectivity index (χ1n) is 10.2. The summed E-state index contributed by atoms with van der Waals surface area (Å²) in [5, 5.41) is 18.9. The van der Waals surface area contributed by atoms with Gasteiger partial charge in [-0.3, -0.25) is 0 Å². The summed E-state index contributed by atoms with van der Waals surface area (Å²) in [6.45, 7) is 2.15. The topological polar surface area (TPSA) is 57.5 Å². The summed E-state index contributed by atoms with van der Waals surface area (Å²) in [4.78, 5) is 11.2. The fourth-order valence-corrected chi connectivity index (χ4v) is 2.98. The minimum absolute atomic E-state index is 0.0538. The largest absolute Gasteiger partial charge is 0.507 e. The molecule has 0 unspecified atom stereocenters. The van der Waals surface area contributed by atoms with E-state index in [1.54, 1.807) is 12.1 Å². The van der Waals surface area contributed by atoms with E-state index in [2.05, 4.69) is 43.4 Å². The predicted molar refractivity (Wildman–Crippen MR) is 113 cm³/mol. The molecule has 148 valence electrons. The molecule has 0 aliphatic rings. The molecule has 0 saturated carbocycles. The van der Waals surface area contributed by atoms with Crippen LogP contribution in [0.25, 0.3) is 0 Å². The van der Waals surface area contributed by atoms with Crippen molar-refractivity contribution in [1.29, 1.82) is 0 Å². The molecule has 3 heteroatoms. The molecule has 0 bridgehead atoms. The number of allylic oxidation sites excluding steroid dienone is 6. The summed E-state index contributed by atoms with van der Waals surface area (Å²) < 4.78 is 0. The van der Waals surface area contributed by atoms with Crippen molar-refractivity contribution in [3.8, 4) is 5.75 Å². The molecular formula is C24H34O3. The van der Waals surface area contributed by atoms with Crippen molar-refractivity contribution >= 4 is 5.97 Å². The molecule has 0 heterocycles. The maximum atomic E-state index is 11.2. The van der Waals surface area contributed by atoms with Gasteiger partial charge < -0.3 is 10.2 Å². The molecule has 0 saturated heterocycles. The van der Waals surface area contributed by atoms with E-state index in [9.17, 15) is 15.0 Å². The minimum atomic E-state index is -1.05. The summed E-state index contributed by atoms with van der Waals surface area (Å²) >= 11 is 0. The van der Waals surface area contributed by atoms with E-state index in [4.69, 9.17) is 0 Å². The van der Waals surface area contributed by atoms with Crippen LogP contribution in [0.1, 0.15) is 80.6 Å². The number of aromatic carboxylic acids is 1. The second kappa shape index (κ2) is 14.8. The standard InChI is InChI=1S/C24H34O3/c1-2-3-4-5-6-7-8-9-10-11-12-13-14-15-16-18-21-19-17-20-22(25)23(21)24(26)27/h3-4,6-7,9-10,17,19-20,25H,2,5,8,11-16,18H2,1H3,(H,26,27)/b4-3+,7-6+,10-9+. The molecule has 1 aromatic carbocycles. The molecule has 0 aromatic heterocycles. The van der Waals surface area contributed by atoms with E-state index in [0.717, 1.165) is 44.1 Å². The number of benzene rings is 1. The van der Waals surface area contributed by atoms with Crippen LogP contribution >= 0.6 is 0 Å². The van der Waals surface area contributed by atoms with Crippen LogP contribution in [-0.4, -0.2) is 16.2 Å². The van der Waals surface area contributed by atoms with Crippen LogP contribution in [0.5, 0.6) is 5.75 Å². The smallest absolute Gasteiger partial charge is 0.339 e. The number of unbranched alkanes of at least 4 members (excludes halogenated alkanes) is 5. The third kappa shape index (κ3) is 10.4. The second-order valence-corrected chi connectivity index (χ2v) is 6.72. The highest BCUT2D eigenvalue weighted by molar-refractivity contribution is 5.92. The lowest BCUT2D eigenvalue weighted by molar-refractivity contribution is 0.0692. The molecule has 0 spiro atoms. The second-order valence-electron chi connectivity index (χ2n) is 6.72. The lowest BCUT2D eigenvalue weighted by atomic mass is 9.99. The van der Waals surface area contributed by atoms with Crippen LogP contribution in [0.3, 0.4) is 0 Å². The number of hydrogen-bond donors (Lipinski definition) is 2. The van der Waals surface area contributed by atoms with E-state index in [1.165, 1.54) is 25.3 Å². The molecule has 0 aliphatic heterocycles. The molecule has 1 rings (SSSR count). The van der Waals surface area contributed by atoms with Gasteiger partial charge in [0.1, 0.15) is 11.3 Å². The lowest BCUT2D eigenvalue weighted by Gasteiger charge is -2.07. The van der Waals surface area contributed by atoms with Crippen LogP contribution in [0.4, 0.5) is 0 Å². The summed E-state index contributed by atoms with van der Waals surface area (Å²) in [6, 6.07) is 4.93. The first kappa shape index (κ1) is 22.8. The van der Waals surface area contributed by atoms with Crippen molar-refractivity contribution in [2.75, 3.05) is 0 Å². The molecule has 0 fully saturated rings. The fraction of sp³-hybridized carbons (Fsp3) is 0.458. The number of hydrogen-bond acceptors (Lipinski definition) is 2. The summed E-state index contributed by atoms with van der Waals surface area (Å²) in [7, 11) is 0. The number of aromatic hydroxyl groups is 1. The molecular weight excluding hydrogens is 336 g/mol. The predicted octanol–water partition coefficient (Wildman–Crippen LogP) is 6.83. The Kier molecular flexibility index (Phi) is 12.5. The van der Waals surface area contributed by atoms with Crippen LogP contribution in [0.15, 0.2) is 54.7 Å². The summed E-state index contributed by atoms with van der Waals surface area (Å²) in [5.41, 5.74) is 0.779. The third-order valence-electron chi connectivity index (χ3n) is 4.44. The Morgan fingerprint density at radius 2 is 1.52 bits per heavy atom. The zero-order chi connectivity index (χ0) is 19.7. The minimum Gasteiger partial charge on any atom is -0.507 e. The van der Waals surface area contributed by atoms with Crippen molar-refractivity contribution in [2.45, 2.75) is 71.1 Å². The zero-order valence-electron chi connectivity index (χ0n) is 16.6. The number of aryl methyl sites for hydroxylation is 1. The van der Waals surface area contributed by atoms with Gasteiger partial charge in [0.25, 0.3) is 0 Å². The Morgan fingerprint density at radius 3 is 2.22 bits per heavy atom. The Hall–Kier alpha value is -2.29. The van der Waals surface area contributed by atoms with Gasteiger partial charge in [0.05, 0.1) is 0 Å². The fourth-order valence-electron chi connectivity index (χ4n) is 2.98. The number of carboxylic acid groups (broad SMARTS) is 1. The van der Waals surface area contributed by atoms with Gasteiger partial charge in [-0.15, -0.1) is 0 Å². The van der Waals surface area contributed by atoms with E-state index >= 15 is 0 Å². The normalized spacial score (nSPS) is 11.9. The number of carbonyl (C=O) groups is 1. The number of phenols is 1. The highest BCUT2D eigenvalue weighted by Gasteiger charge is 2.14. The molecule has 1 aromatic rings. The molecule has 0 aliphatic carbocycles. The molecule has 0 atom stereocenters. The van der Waals surface area contributed by atoms with Crippen molar-refractivity contribution < 1.29 is 15.0 Å². The van der Waals surface area contributed by atoms with Crippen LogP contribution < -0.4 is 0 Å². The Bertz CT molecular complexity index is 627. The third-order valence-corrected chi connectivity index (χ3v) is 4.44. The van der Waals surface area contributed by atoms with E-state index in [0.29, 0.717) is 6.42 Å². The molecule has 0 amide bonds. The van der Waals surface area contributed by atoms with Crippen molar-refractivity contribution in [3.05, 3.63) is 65.8 Å². The average molecular weight is 371 g/mol. The Balaban J connectivity index is 2.07. The van der Waals surface area contributed by atoms with Gasteiger partial charge >= 0.3 is 5.97 Å². The quantitative estimate of drug-likeness (QED) is 0.279. The first-order valence-corrected chi connectivity index (χ1v) is 10.2. The average Bonchev–Trinajstić information content (AvgIpc) is 2.64. The molecule has 27 heavy (non-hydrogen) atoms. The van der Waals surface area contributed by atoms with Gasteiger partial charge in [0.2, 0.25) is 0 Å². The van der Waals surface area contributed by atoms with Crippen molar-refractivity contribution in [2.24, 2.45) is 0 Å². The number of rotatable bonds is 14. The van der Waals surface area contributed by atoms with Gasteiger partial charge in [-0.25, -0.2) is 4.79 Å². The highest BCUT2D eigenvalue weighted by Crippen LogP contribution is 2.23. The van der Waals surface area contributed by atoms with Gasteiger partial charge in [-0.2, -0.15) is 0 Å². The van der Waals surface area contributed by atoms with Crippen LogP contribution in [0, 0.1) is 0 Å². The lowest BCUT2D eigenvalue weighted by Crippen LogP contribution is -2.03. The summed E-state index contributed by atoms with van der Waals surface area (Å²) in [6.07, 6.45) is 23.9. The van der Waals surface area contributed by atoms with Crippen molar-refractivity contribution in [1.82, 2.24) is 0 Å². The van der Waals surface area contributed by atoms with Gasteiger partial charge in [0, 0.05) is 0 Å². The maximum Gasteiger partial charge on any atom is 0.339 e. The Labute approximate surface area is 164 Å². The van der Waals surface area contributed by atoms with Crippen LogP contribution in [0.2, 0.25) is 0 Å². The molecule has 2 N–H and O–H groups in total. The van der Waals surface area contributed by atoms with Crippen molar-refractivity contribution in [3.63, 3.8) is 0 Å². The molecule has 3 nitrogen and oxygen atoms in total. The van der Waals surface area contributed by atoms with Gasteiger partial charge in [-0.1, -0.05) is 74.8 Å². The number of carboxylic acids is 1. The summed E-state index contributed by atoms with van der Waals surface area (Å²) in [5.74, 6) is -1.19. The first-order chi connectivity index (χ1) is 13.2. The maximum absolute atomic E-state index is 11.2. The van der Waals surface area contributed by atoms with Gasteiger partial charge in [0.15, 0.2) is 0 Å². The highest BCUT2D eigenvalue weighted by atomic mass is 16.4. The monoisotopic (exact) mass is 370 g/mol. The van der Waals surface area contributed by atoms with Crippen LogP contribution in [-0.2, 0) is 6.42 Å².